The third-order valence-corrected chi connectivity index (χ3v) is 4.90. The number of rotatable bonds is 4. The van der Waals surface area contributed by atoms with Crippen LogP contribution in [-0.2, 0) is 0 Å². The van der Waals surface area contributed by atoms with Gasteiger partial charge in [-0.1, -0.05) is 13.0 Å². The molecule has 0 saturated heterocycles. The Bertz CT molecular complexity index is 542. The lowest BCUT2D eigenvalue weighted by molar-refractivity contribution is 0.602. The fourth-order valence-corrected chi connectivity index (χ4v) is 3.54. The minimum Gasteiger partial charge on any atom is -0.306 e. The average molecular weight is 393 g/mol. The first-order valence-electron chi connectivity index (χ1n) is 5.55. The average Bonchev–Trinajstić information content (AvgIpc) is 2.76. The van der Waals surface area contributed by atoms with E-state index in [2.05, 4.69) is 43.2 Å². The van der Waals surface area contributed by atoms with Gasteiger partial charge in [-0.3, -0.25) is 0 Å². The highest BCUT2D eigenvalue weighted by Crippen LogP contribution is 2.32. The van der Waals surface area contributed by atoms with E-state index in [1.165, 1.54) is 4.88 Å². The van der Waals surface area contributed by atoms with Crippen molar-refractivity contribution < 1.29 is 4.39 Å². The van der Waals surface area contributed by atoms with Crippen molar-refractivity contribution >= 4 is 43.2 Å². The lowest BCUT2D eigenvalue weighted by atomic mass is 10.1. The van der Waals surface area contributed by atoms with Gasteiger partial charge in [0.1, 0.15) is 5.82 Å². The number of thiophene rings is 1. The Balaban J connectivity index is 2.37. The molecule has 1 aromatic carbocycles. The Labute approximate surface area is 127 Å². The van der Waals surface area contributed by atoms with E-state index in [-0.39, 0.29) is 11.9 Å². The first kappa shape index (κ1) is 14.2. The molecule has 0 aliphatic rings. The van der Waals surface area contributed by atoms with Crippen molar-refractivity contribution in [2.24, 2.45) is 0 Å². The van der Waals surface area contributed by atoms with Crippen LogP contribution in [0, 0.1) is 5.82 Å². The van der Waals surface area contributed by atoms with E-state index in [1.807, 2.05) is 19.1 Å². The molecule has 0 amide bonds. The first-order valence-corrected chi connectivity index (χ1v) is 7.95. The van der Waals surface area contributed by atoms with E-state index in [0.29, 0.717) is 4.47 Å². The van der Waals surface area contributed by atoms with Crippen LogP contribution in [0.15, 0.2) is 38.6 Å². The molecule has 1 unspecified atom stereocenters. The zero-order valence-electron chi connectivity index (χ0n) is 9.71. The van der Waals surface area contributed by atoms with Crippen molar-refractivity contribution in [1.82, 2.24) is 5.32 Å². The second kappa shape index (κ2) is 6.28. The Morgan fingerprint density at radius 2 is 2.06 bits per heavy atom. The molecule has 0 bridgehead atoms. The normalized spacial score (nSPS) is 12.7. The first-order chi connectivity index (χ1) is 8.61. The topological polar surface area (TPSA) is 12.0 Å². The van der Waals surface area contributed by atoms with Gasteiger partial charge < -0.3 is 5.32 Å². The van der Waals surface area contributed by atoms with Crippen LogP contribution in [0.25, 0.3) is 0 Å². The summed E-state index contributed by atoms with van der Waals surface area (Å²) in [7, 11) is 0. The van der Waals surface area contributed by atoms with Crippen LogP contribution >= 0.6 is 43.2 Å². The molecule has 1 heterocycles. The molecule has 2 aromatic rings. The van der Waals surface area contributed by atoms with Crippen LogP contribution < -0.4 is 5.32 Å². The molecule has 0 aliphatic carbocycles. The molecule has 18 heavy (non-hydrogen) atoms. The summed E-state index contributed by atoms with van der Waals surface area (Å²) in [4.78, 5) is 1.17. The fraction of sp³-hybridized carbons (Fsp3) is 0.231. The van der Waals surface area contributed by atoms with Gasteiger partial charge in [-0.05, 0) is 68.2 Å². The Hall–Kier alpha value is -0.230. The highest BCUT2D eigenvalue weighted by Gasteiger charge is 2.16. The molecular weight excluding hydrogens is 381 g/mol. The number of halogens is 3. The predicted octanol–water partition coefficient (Wildman–Crippen LogP) is 5.11. The molecule has 0 fully saturated rings. The summed E-state index contributed by atoms with van der Waals surface area (Å²) in [6.07, 6.45) is 0. The molecule has 0 radical (unpaired) electrons. The van der Waals surface area contributed by atoms with E-state index in [0.717, 1.165) is 15.9 Å². The van der Waals surface area contributed by atoms with E-state index >= 15 is 0 Å². The minimum atomic E-state index is -0.231. The summed E-state index contributed by atoms with van der Waals surface area (Å²) in [6.45, 7) is 2.88. The molecule has 1 N–H and O–H groups in total. The van der Waals surface area contributed by atoms with Crippen molar-refractivity contribution in [2.75, 3.05) is 6.54 Å². The maximum absolute atomic E-state index is 13.6. The lowest BCUT2D eigenvalue weighted by Crippen LogP contribution is -2.21. The van der Waals surface area contributed by atoms with Gasteiger partial charge in [-0.25, -0.2) is 4.39 Å². The van der Waals surface area contributed by atoms with Gasteiger partial charge in [0.15, 0.2) is 0 Å². The molecule has 1 atom stereocenters. The molecule has 5 heteroatoms. The standard InChI is InChI=1S/C13H12Br2FNS/c1-2-17-13(11-5-6-12(15)18-11)8-3-4-9(14)10(16)7-8/h3-7,13,17H,2H2,1H3. The van der Waals surface area contributed by atoms with E-state index in [9.17, 15) is 4.39 Å². The Morgan fingerprint density at radius 3 is 2.61 bits per heavy atom. The van der Waals surface area contributed by atoms with Crippen LogP contribution in [0.1, 0.15) is 23.4 Å². The maximum atomic E-state index is 13.6. The highest BCUT2D eigenvalue weighted by atomic mass is 79.9. The van der Waals surface area contributed by atoms with Crippen molar-refractivity contribution in [3.8, 4) is 0 Å². The van der Waals surface area contributed by atoms with Crippen molar-refractivity contribution in [1.29, 1.82) is 0 Å². The molecule has 1 nitrogen and oxygen atoms in total. The molecule has 0 saturated carbocycles. The third-order valence-electron chi connectivity index (χ3n) is 2.56. The number of hydrogen-bond donors (Lipinski definition) is 1. The molecular formula is C13H12Br2FNS. The number of nitrogens with one attached hydrogen (secondary N) is 1. The summed E-state index contributed by atoms with van der Waals surface area (Å²) >= 11 is 8.30. The monoisotopic (exact) mass is 391 g/mol. The lowest BCUT2D eigenvalue weighted by Gasteiger charge is -2.17. The number of hydrogen-bond acceptors (Lipinski definition) is 2. The second-order valence-electron chi connectivity index (χ2n) is 3.81. The zero-order valence-corrected chi connectivity index (χ0v) is 13.7. The van der Waals surface area contributed by atoms with Gasteiger partial charge in [-0.2, -0.15) is 0 Å². The van der Waals surface area contributed by atoms with Gasteiger partial charge in [-0.15, -0.1) is 11.3 Å². The van der Waals surface area contributed by atoms with Crippen LogP contribution in [0.5, 0.6) is 0 Å². The second-order valence-corrected chi connectivity index (χ2v) is 7.16. The third kappa shape index (κ3) is 3.20. The highest BCUT2D eigenvalue weighted by molar-refractivity contribution is 9.11. The van der Waals surface area contributed by atoms with Gasteiger partial charge in [0.2, 0.25) is 0 Å². The quantitative estimate of drug-likeness (QED) is 0.762. The van der Waals surface area contributed by atoms with E-state index in [1.54, 1.807) is 23.5 Å². The van der Waals surface area contributed by atoms with E-state index in [4.69, 9.17) is 0 Å². The molecule has 2 rings (SSSR count). The van der Waals surface area contributed by atoms with Crippen molar-refractivity contribution in [3.63, 3.8) is 0 Å². The summed E-state index contributed by atoms with van der Waals surface area (Å²) < 4.78 is 15.2. The summed E-state index contributed by atoms with van der Waals surface area (Å²) in [5, 5.41) is 3.38. The van der Waals surface area contributed by atoms with Gasteiger partial charge in [0.05, 0.1) is 14.3 Å². The zero-order chi connectivity index (χ0) is 13.1. The Kier molecular flexibility index (Phi) is 4.95. The summed E-state index contributed by atoms with van der Waals surface area (Å²) in [5.41, 5.74) is 0.937. The largest absolute Gasteiger partial charge is 0.306 e. The van der Waals surface area contributed by atoms with Gasteiger partial charge in [0, 0.05) is 4.88 Å². The van der Waals surface area contributed by atoms with E-state index < -0.39 is 0 Å². The van der Waals surface area contributed by atoms with Gasteiger partial charge in [0.25, 0.3) is 0 Å². The van der Waals surface area contributed by atoms with Crippen LogP contribution in [0.2, 0.25) is 0 Å². The van der Waals surface area contributed by atoms with Crippen LogP contribution in [-0.4, -0.2) is 6.54 Å². The SMILES string of the molecule is CCNC(c1ccc(Br)c(F)c1)c1ccc(Br)s1. The molecule has 0 spiro atoms. The smallest absolute Gasteiger partial charge is 0.137 e. The van der Waals surface area contributed by atoms with Crippen molar-refractivity contribution in [2.45, 2.75) is 13.0 Å². The molecule has 96 valence electrons. The van der Waals surface area contributed by atoms with Crippen LogP contribution in [0.3, 0.4) is 0 Å². The predicted molar refractivity (Wildman–Crippen MR) is 81.6 cm³/mol. The van der Waals surface area contributed by atoms with Crippen molar-refractivity contribution in [3.05, 3.63) is 54.8 Å². The maximum Gasteiger partial charge on any atom is 0.137 e. The van der Waals surface area contributed by atoms with Crippen LogP contribution in [0.4, 0.5) is 4.39 Å². The molecule has 0 aliphatic heterocycles. The summed E-state index contributed by atoms with van der Waals surface area (Å²) in [5.74, 6) is -0.231. The Morgan fingerprint density at radius 1 is 1.28 bits per heavy atom. The molecule has 1 aromatic heterocycles. The van der Waals surface area contributed by atoms with Gasteiger partial charge >= 0.3 is 0 Å². The summed E-state index contributed by atoms with van der Waals surface area (Å²) in [6, 6.07) is 9.37. The minimum absolute atomic E-state index is 0.0360. The number of benzene rings is 1. The fourth-order valence-electron chi connectivity index (χ4n) is 1.76.